The summed E-state index contributed by atoms with van der Waals surface area (Å²) in [4.78, 5) is 4.24. The SMILES string of the molecule is CNCc1noc(-c2ccc(C)c(Cl)c2)n1. The van der Waals surface area contributed by atoms with Crippen LogP contribution in [0.25, 0.3) is 11.5 Å². The quantitative estimate of drug-likeness (QED) is 0.891. The molecule has 1 aromatic heterocycles. The Hall–Kier alpha value is -1.39. The predicted octanol–water partition coefficient (Wildman–Crippen LogP) is 2.42. The summed E-state index contributed by atoms with van der Waals surface area (Å²) in [5, 5.41) is 7.50. The van der Waals surface area contributed by atoms with Crippen molar-refractivity contribution in [1.29, 1.82) is 0 Å². The second-order valence-electron chi connectivity index (χ2n) is 3.51. The van der Waals surface area contributed by atoms with E-state index >= 15 is 0 Å². The standard InChI is InChI=1S/C11H12ClN3O/c1-7-3-4-8(5-9(7)12)11-14-10(6-13-2)15-16-11/h3-5,13H,6H2,1-2H3. The number of halogens is 1. The first-order valence-electron chi connectivity index (χ1n) is 4.94. The largest absolute Gasteiger partial charge is 0.334 e. The predicted molar refractivity (Wildman–Crippen MR) is 62.2 cm³/mol. The van der Waals surface area contributed by atoms with Gasteiger partial charge < -0.3 is 9.84 Å². The molecule has 0 aliphatic carbocycles. The fraction of sp³-hybridized carbons (Fsp3) is 0.273. The maximum Gasteiger partial charge on any atom is 0.258 e. The van der Waals surface area contributed by atoms with Gasteiger partial charge in [-0.1, -0.05) is 22.8 Å². The maximum absolute atomic E-state index is 6.03. The van der Waals surface area contributed by atoms with Crippen LogP contribution in [0.1, 0.15) is 11.4 Å². The van der Waals surface area contributed by atoms with Crippen LogP contribution in [0.3, 0.4) is 0 Å². The minimum Gasteiger partial charge on any atom is -0.334 e. The second-order valence-corrected chi connectivity index (χ2v) is 3.92. The molecule has 0 unspecified atom stereocenters. The van der Waals surface area contributed by atoms with Crippen molar-refractivity contribution in [3.8, 4) is 11.5 Å². The van der Waals surface area contributed by atoms with E-state index in [-0.39, 0.29) is 0 Å². The Morgan fingerprint density at radius 2 is 2.25 bits per heavy atom. The lowest BCUT2D eigenvalue weighted by atomic mass is 10.1. The maximum atomic E-state index is 6.03. The highest BCUT2D eigenvalue weighted by Crippen LogP contribution is 2.23. The molecule has 0 saturated carbocycles. The molecule has 1 N–H and O–H groups in total. The van der Waals surface area contributed by atoms with Crippen LogP contribution in [0.15, 0.2) is 22.7 Å². The van der Waals surface area contributed by atoms with Crippen LogP contribution in [0, 0.1) is 6.92 Å². The van der Waals surface area contributed by atoms with E-state index < -0.39 is 0 Å². The van der Waals surface area contributed by atoms with Gasteiger partial charge in [0.05, 0.1) is 6.54 Å². The van der Waals surface area contributed by atoms with Crippen LogP contribution >= 0.6 is 11.6 Å². The third kappa shape index (κ3) is 2.23. The molecule has 0 amide bonds. The highest BCUT2D eigenvalue weighted by molar-refractivity contribution is 6.31. The number of rotatable bonds is 3. The van der Waals surface area contributed by atoms with E-state index in [1.54, 1.807) is 0 Å². The first-order valence-corrected chi connectivity index (χ1v) is 5.32. The van der Waals surface area contributed by atoms with E-state index in [0.717, 1.165) is 11.1 Å². The molecule has 16 heavy (non-hydrogen) atoms. The van der Waals surface area contributed by atoms with E-state index in [0.29, 0.717) is 23.3 Å². The monoisotopic (exact) mass is 237 g/mol. The van der Waals surface area contributed by atoms with Crippen LogP contribution in [-0.2, 0) is 6.54 Å². The Bertz CT molecular complexity index is 496. The molecule has 2 rings (SSSR count). The number of aryl methyl sites for hydroxylation is 1. The normalized spacial score (nSPS) is 10.7. The minimum absolute atomic E-state index is 0.493. The number of nitrogens with one attached hydrogen (secondary N) is 1. The molecule has 0 radical (unpaired) electrons. The van der Waals surface area contributed by atoms with Gasteiger partial charge in [-0.2, -0.15) is 4.98 Å². The van der Waals surface area contributed by atoms with Crippen molar-refractivity contribution in [2.24, 2.45) is 0 Å². The molecule has 0 aliphatic rings. The Morgan fingerprint density at radius 1 is 1.44 bits per heavy atom. The zero-order valence-electron chi connectivity index (χ0n) is 9.12. The first-order chi connectivity index (χ1) is 7.70. The smallest absolute Gasteiger partial charge is 0.258 e. The van der Waals surface area contributed by atoms with Crippen molar-refractivity contribution in [3.05, 3.63) is 34.6 Å². The van der Waals surface area contributed by atoms with Crippen LogP contribution in [0.2, 0.25) is 5.02 Å². The highest BCUT2D eigenvalue weighted by atomic mass is 35.5. The molecule has 0 aliphatic heterocycles. The van der Waals surface area contributed by atoms with Gasteiger partial charge in [0.1, 0.15) is 0 Å². The molecule has 0 fully saturated rings. The van der Waals surface area contributed by atoms with Crippen molar-refractivity contribution in [3.63, 3.8) is 0 Å². The summed E-state index contributed by atoms with van der Waals surface area (Å²) in [6.07, 6.45) is 0. The van der Waals surface area contributed by atoms with Crippen molar-refractivity contribution in [2.75, 3.05) is 7.05 Å². The summed E-state index contributed by atoms with van der Waals surface area (Å²) in [5.41, 5.74) is 1.87. The summed E-state index contributed by atoms with van der Waals surface area (Å²) in [5.74, 6) is 1.13. The molecule has 1 heterocycles. The van der Waals surface area contributed by atoms with E-state index in [1.807, 2.05) is 32.2 Å². The molecule has 2 aromatic rings. The van der Waals surface area contributed by atoms with Crippen molar-refractivity contribution in [2.45, 2.75) is 13.5 Å². The van der Waals surface area contributed by atoms with Gasteiger partial charge in [-0.05, 0) is 31.7 Å². The van der Waals surface area contributed by atoms with Gasteiger partial charge in [0, 0.05) is 10.6 Å². The van der Waals surface area contributed by atoms with Gasteiger partial charge >= 0.3 is 0 Å². The summed E-state index contributed by atoms with van der Waals surface area (Å²) >= 11 is 6.03. The molecular formula is C11H12ClN3O. The van der Waals surface area contributed by atoms with Gasteiger partial charge in [-0.25, -0.2) is 0 Å². The van der Waals surface area contributed by atoms with E-state index in [1.165, 1.54) is 0 Å². The lowest BCUT2D eigenvalue weighted by Gasteiger charge is -1.98. The minimum atomic E-state index is 0.493. The third-order valence-corrected chi connectivity index (χ3v) is 2.63. The third-order valence-electron chi connectivity index (χ3n) is 2.22. The molecule has 4 nitrogen and oxygen atoms in total. The molecule has 0 saturated heterocycles. The van der Waals surface area contributed by atoms with E-state index in [9.17, 15) is 0 Å². The number of benzene rings is 1. The zero-order chi connectivity index (χ0) is 11.5. The highest BCUT2D eigenvalue weighted by Gasteiger charge is 2.09. The Balaban J connectivity index is 2.31. The number of hydrogen-bond acceptors (Lipinski definition) is 4. The average molecular weight is 238 g/mol. The van der Waals surface area contributed by atoms with Crippen molar-refractivity contribution >= 4 is 11.6 Å². The van der Waals surface area contributed by atoms with Gasteiger partial charge in [-0.3, -0.25) is 0 Å². The molecule has 0 atom stereocenters. The Kier molecular flexibility index (Phi) is 3.22. The summed E-state index contributed by atoms with van der Waals surface area (Å²) in [7, 11) is 1.83. The van der Waals surface area contributed by atoms with Crippen LogP contribution in [-0.4, -0.2) is 17.2 Å². The average Bonchev–Trinajstić information content (AvgIpc) is 2.71. The molecular weight excluding hydrogens is 226 g/mol. The summed E-state index contributed by atoms with van der Waals surface area (Å²) in [6, 6.07) is 5.67. The fourth-order valence-corrected chi connectivity index (χ4v) is 1.51. The van der Waals surface area contributed by atoms with Crippen LogP contribution in [0.5, 0.6) is 0 Å². The van der Waals surface area contributed by atoms with Crippen LogP contribution < -0.4 is 5.32 Å². The molecule has 5 heteroatoms. The van der Waals surface area contributed by atoms with E-state index in [4.69, 9.17) is 16.1 Å². The lowest BCUT2D eigenvalue weighted by Crippen LogP contribution is -2.06. The van der Waals surface area contributed by atoms with Gasteiger partial charge in [0.2, 0.25) is 0 Å². The summed E-state index contributed by atoms with van der Waals surface area (Å²) < 4.78 is 5.14. The number of nitrogens with zero attached hydrogens (tertiary/aromatic N) is 2. The van der Waals surface area contributed by atoms with Gasteiger partial charge in [-0.15, -0.1) is 0 Å². The zero-order valence-corrected chi connectivity index (χ0v) is 9.88. The molecule has 1 aromatic carbocycles. The van der Waals surface area contributed by atoms with E-state index in [2.05, 4.69) is 15.5 Å². The number of hydrogen-bond donors (Lipinski definition) is 1. The number of aromatic nitrogens is 2. The first kappa shape index (κ1) is 11.1. The van der Waals surface area contributed by atoms with Gasteiger partial charge in [0.15, 0.2) is 5.82 Å². The molecule has 0 bridgehead atoms. The summed E-state index contributed by atoms with van der Waals surface area (Å²) in [6.45, 7) is 2.54. The topological polar surface area (TPSA) is 51.0 Å². The molecule has 0 spiro atoms. The molecule has 84 valence electrons. The lowest BCUT2D eigenvalue weighted by molar-refractivity contribution is 0.420. The second kappa shape index (κ2) is 4.63. The van der Waals surface area contributed by atoms with Crippen molar-refractivity contribution in [1.82, 2.24) is 15.5 Å². The Morgan fingerprint density at radius 3 is 2.94 bits per heavy atom. The van der Waals surface area contributed by atoms with Crippen molar-refractivity contribution < 1.29 is 4.52 Å². The Labute approximate surface area is 98.6 Å². The van der Waals surface area contributed by atoms with Crippen LogP contribution in [0.4, 0.5) is 0 Å². The van der Waals surface area contributed by atoms with Gasteiger partial charge in [0.25, 0.3) is 5.89 Å². The fourth-order valence-electron chi connectivity index (χ4n) is 1.33.